The Morgan fingerprint density at radius 2 is 2.00 bits per heavy atom. The molecule has 1 fully saturated rings. The van der Waals surface area contributed by atoms with Gasteiger partial charge in [-0.05, 0) is 36.6 Å². The quantitative estimate of drug-likeness (QED) is 0.923. The Morgan fingerprint density at radius 3 is 2.72 bits per heavy atom. The summed E-state index contributed by atoms with van der Waals surface area (Å²) in [6, 6.07) is 12.0. The summed E-state index contributed by atoms with van der Waals surface area (Å²) in [6.07, 6.45) is 0.899. The average Bonchev–Trinajstić information content (AvgIpc) is 2.99. The number of halogens is 1. The van der Waals surface area contributed by atoms with Crippen molar-refractivity contribution in [1.82, 2.24) is 0 Å². The highest BCUT2D eigenvalue weighted by Gasteiger charge is 2.36. The predicted octanol–water partition coefficient (Wildman–Crippen LogP) is 3.69. The van der Waals surface area contributed by atoms with Gasteiger partial charge >= 0.3 is 0 Å². The van der Waals surface area contributed by atoms with Crippen LogP contribution in [-0.2, 0) is 16.0 Å². The molecule has 0 bridgehead atoms. The molecule has 3 rings (SSSR count). The Bertz CT molecular complexity index is 819. The van der Waals surface area contributed by atoms with Gasteiger partial charge in [-0.3, -0.25) is 9.59 Å². The van der Waals surface area contributed by atoms with Gasteiger partial charge in [0.2, 0.25) is 11.8 Å². The standard InChI is InChI=1S/C20H21FN2O2/c1-3-14-8-6-7-13(2)19(14)22-20(25)15-11-18(24)23(12-15)17-10-5-4-9-16(17)21/h4-10,15H,3,11-12H2,1-2H3,(H,22,25). The fourth-order valence-electron chi connectivity index (χ4n) is 3.21. The summed E-state index contributed by atoms with van der Waals surface area (Å²) in [7, 11) is 0. The van der Waals surface area contributed by atoms with E-state index in [1.807, 2.05) is 32.0 Å². The number of rotatable bonds is 4. The largest absolute Gasteiger partial charge is 0.325 e. The zero-order chi connectivity index (χ0) is 18.0. The van der Waals surface area contributed by atoms with E-state index in [4.69, 9.17) is 0 Å². The molecule has 2 aromatic carbocycles. The van der Waals surface area contributed by atoms with E-state index in [1.54, 1.807) is 18.2 Å². The van der Waals surface area contributed by atoms with Gasteiger partial charge in [0.25, 0.3) is 0 Å². The molecule has 0 saturated carbocycles. The second-order valence-corrected chi connectivity index (χ2v) is 6.31. The minimum absolute atomic E-state index is 0.0908. The highest BCUT2D eigenvalue weighted by molar-refractivity contribution is 6.04. The fourth-order valence-corrected chi connectivity index (χ4v) is 3.21. The van der Waals surface area contributed by atoms with E-state index in [9.17, 15) is 14.0 Å². The molecular formula is C20H21FN2O2. The van der Waals surface area contributed by atoms with E-state index in [2.05, 4.69) is 5.32 Å². The first-order valence-corrected chi connectivity index (χ1v) is 8.45. The Labute approximate surface area is 146 Å². The van der Waals surface area contributed by atoms with Gasteiger partial charge in [-0.2, -0.15) is 0 Å². The molecule has 0 aliphatic carbocycles. The van der Waals surface area contributed by atoms with Crippen LogP contribution in [0.5, 0.6) is 0 Å². The molecule has 1 unspecified atom stereocenters. The van der Waals surface area contributed by atoms with Crippen LogP contribution in [-0.4, -0.2) is 18.4 Å². The molecule has 2 amide bonds. The number of anilines is 2. The number of benzene rings is 2. The number of para-hydroxylation sites is 2. The third-order valence-electron chi connectivity index (χ3n) is 4.63. The summed E-state index contributed by atoms with van der Waals surface area (Å²) in [4.78, 5) is 26.3. The van der Waals surface area contributed by atoms with Crippen molar-refractivity contribution in [1.29, 1.82) is 0 Å². The third kappa shape index (κ3) is 3.40. The second kappa shape index (κ2) is 7.05. The summed E-state index contributed by atoms with van der Waals surface area (Å²) < 4.78 is 13.9. The van der Waals surface area contributed by atoms with Crippen LogP contribution in [0.15, 0.2) is 42.5 Å². The van der Waals surface area contributed by atoms with Crippen LogP contribution < -0.4 is 10.2 Å². The SMILES string of the molecule is CCc1cccc(C)c1NC(=O)C1CC(=O)N(c2ccccc2F)C1. The molecule has 4 nitrogen and oxygen atoms in total. The molecule has 0 spiro atoms. The molecule has 1 aliphatic heterocycles. The van der Waals surface area contributed by atoms with Crippen LogP contribution in [0.3, 0.4) is 0 Å². The van der Waals surface area contributed by atoms with Gasteiger partial charge in [-0.1, -0.05) is 37.3 Å². The Kier molecular flexibility index (Phi) is 4.83. The molecule has 1 N–H and O–H groups in total. The first kappa shape index (κ1) is 17.1. The van der Waals surface area contributed by atoms with Crippen molar-refractivity contribution in [3.05, 3.63) is 59.4 Å². The number of hydrogen-bond donors (Lipinski definition) is 1. The van der Waals surface area contributed by atoms with E-state index >= 15 is 0 Å². The number of nitrogens with one attached hydrogen (secondary N) is 1. The topological polar surface area (TPSA) is 49.4 Å². The van der Waals surface area contributed by atoms with E-state index < -0.39 is 11.7 Å². The molecule has 1 aliphatic rings. The van der Waals surface area contributed by atoms with Crippen LogP contribution in [0.25, 0.3) is 0 Å². The first-order chi connectivity index (χ1) is 12.0. The smallest absolute Gasteiger partial charge is 0.229 e. The van der Waals surface area contributed by atoms with E-state index in [-0.39, 0.29) is 30.5 Å². The van der Waals surface area contributed by atoms with Gasteiger partial charge in [-0.25, -0.2) is 4.39 Å². The highest BCUT2D eigenvalue weighted by atomic mass is 19.1. The zero-order valence-electron chi connectivity index (χ0n) is 14.4. The Hall–Kier alpha value is -2.69. The van der Waals surface area contributed by atoms with E-state index in [1.165, 1.54) is 11.0 Å². The van der Waals surface area contributed by atoms with Gasteiger partial charge < -0.3 is 10.2 Å². The molecule has 1 heterocycles. The van der Waals surface area contributed by atoms with Crippen LogP contribution in [0.4, 0.5) is 15.8 Å². The van der Waals surface area contributed by atoms with Gasteiger partial charge in [0.05, 0.1) is 11.6 Å². The summed E-state index contributed by atoms with van der Waals surface area (Å²) in [5, 5.41) is 2.97. The van der Waals surface area contributed by atoms with Crippen molar-refractivity contribution >= 4 is 23.2 Å². The maximum absolute atomic E-state index is 13.9. The summed E-state index contributed by atoms with van der Waals surface area (Å²) in [5.74, 6) is -1.37. The molecule has 0 aromatic heterocycles. The summed E-state index contributed by atoms with van der Waals surface area (Å²) in [5.41, 5.74) is 3.09. The van der Waals surface area contributed by atoms with Gasteiger partial charge in [0.15, 0.2) is 0 Å². The third-order valence-corrected chi connectivity index (χ3v) is 4.63. The molecule has 130 valence electrons. The van der Waals surface area contributed by atoms with Gasteiger partial charge in [-0.15, -0.1) is 0 Å². The number of aryl methyl sites for hydroxylation is 2. The highest BCUT2D eigenvalue weighted by Crippen LogP contribution is 2.29. The number of hydrogen-bond acceptors (Lipinski definition) is 2. The minimum atomic E-state index is -0.489. The van der Waals surface area contributed by atoms with Crippen LogP contribution in [0, 0.1) is 18.7 Å². The lowest BCUT2D eigenvalue weighted by Gasteiger charge is -2.18. The van der Waals surface area contributed by atoms with Crippen molar-refractivity contribution in [3.63, 3.8) is 0 Å². The number of amides is 2. The molecule has 5 heteroatoms. The van der Waals surface area contributed by atoms with E-state index in [0.29, 0.717) is 0 Å². The maximum Gasteiger partial charge on any atom is 0.229 e. The normalized spacial score (nSPS) is 17.0. The Morgan fingerprint density at radius 1 is 1.24 bits per heavy atom. The fraction of sp³-hybridized carbons (Fsp3) is 0.300. The first-order valence-electron chi connectivity index (χ1n) is 8.45. The molecule has 25 heavy (non-hydrogen) atoms. The monoisotopic (exact) mass is 340 g/mol. The average molecular weight is 340 g/mol. The van der Waals surface area contributed by atoms with Gasteiger partial charge in [0.1, 0.15) is 5.82 Å². The van der Waals surface area contributed by atoms with Crippen molar-refractivity contribution in [3.8, 4) is 0 Å². The van der Waals surface area contributed by atoms with Crippen LogP contribution >= 0.6 is 0 Å². The lowest BCUT2D eigenvalue weighted by Crippen LogP contribution is -2.29. The summed E-state index contributed by atoms with van der Waals surface area (Å²) >= 11 is 0. The van der Waals surface area contributed by atoms with Crippen LogP contribution in [0.2, 0.25) is 0 Å². The number of nitrogens with zero attached hydrogens (tertiary/aromatic N) is 1. The van der Waals surface area contributed by atoms with Crippen molar-refractivity contribution in [2.45, 2.75) is 26.7 Å². The summed E-state index contributed by atoms with van der Waals surface area (Å²) in [6.45, 7) is 4.17. The predicted molar refractivity (Wildman–Crippen MR) is 96.0 cm³/mol. The van der Waals surface area contributed by atoms with Crippen LogP contribution in [0.1, 0.15) is 24.5 Å². The number of carbonyl (C=O) groups is 2. The Balaban J connectivity index is 1.77. The van der Waals surface area contributed by atoms with Crippen molar-refractivity contribution in [2.24, 2.45) is 5.92 Å². The molecule has 2 aromatic rings. The molecule has 1 saturated heterocycles. The maximum atomic E-state index is 13.9. The van der Waals surface area contributed by atoms with E-state index in [0.717, 1.165) is 23.2 Å². The van der Waals surface area contributed by atoms with Crippen molar-refractivity contribution < 1.29 is 14.0 Å². The molecule has 1 atom stereocenters. The van der Waals surface area contributed by atoms with Crippen molar-refractivity contribution in [2.75, 3.05) is 16.8 Å². The van der Waals surface area contributed by atoms with Gasteiger partial charge in [0, 0.05) is 18.7 Å². The minimum Gasteiger partial charge on any atom is -0.325 e. The molecule has 0 radical (unpaired) electrons. The zero-order valence-corrected chi connectivity index (χ0v) is 14.4. The molecular weight excluding hydrogens is 319 g/mol. The lowest BCUT2D eigenvalue weighted by atomic mass is 10.0. The number of carbonyl (C=O) groups excluding carboxylic acids is 2. The lowest BCUT2D eigenvalue weighted by molar-refractivity contribution is -0.122. The second-order valence-electron chi connectivity index (χ2n) is 6.31.